The molecule has 216 valence electrons. The van der Waals surface area contributed by atoms with Gasteiger partial charge in [0, 0.05) is 25.0 Å². The maximum Gasteiger partial charge on any atom is 0.243 e. The Morgan fingerprint density at radius 2 is 1.63 bits per heavy atom. The highest BCUT2D eigenvalue weighted by atomic mass is 32.2. The molecule has 0 spiro atoms. The van der Waals surface area contributed by atoms with E-state index in [1.165, 1.54) is 5.56 Å². The molecule has 1 aliphatic heterocycles. The highest BCUT2D eigenvalue weighted by Crippen LogP contribution is 2.28. The first-order valence-corrected chi connectivity index (χ1v) is 16.8. The minimum Gasteiger partial charge on any atom is -0.497 e. The number of piperidine rings is 1. The minimum atomic E-state index is -3.53. The van der Waals surface area contributed by atoms with Crippen LogP contribution in [0.5, 0.6) is 5.75 Å². The Bertz CT molecular complexity index is 1570. The molecule has 1 aliphatic rings. The molecule has 0 radical (unpaired) electrons. The number of aromatic nitrogens is 1. The summed E-state index contributed by atoms with van der Waals surface area (Å²) in [7, 11) is -1.87. The number of methoxy groups -OCH3 is 1. The maximum absolute atomic E-state index is 13.5. The van der Waals surface area contributed by atoms with Crippen molar-refractivity contribution in [2.45, 2.75) is 56.9 Å². The van der Waals surface area contributed by atoms with Crippen LogP contribution in [0.25, 0.3) is 11.3 Å². The van der Waals surface area contributed by atoms with Gasteiger partial charge in [0.1, 0.15) is 5.75 Å². The van der Waals surface area contributed by atoms with Crippen molar-refractivity contribution in [3.63, 3.8) is 0 Å². The van der Waals surface area contributed by atoms with Gasteiger partial charge in [0.25, 0.3) is 0 Å². The van der Waals surface area contributed by atoms with Crippen molar-refractivity contribution in [1.82, 2.24) is 8.87 Å². The Morgan fingerprint density at radius 1 is 0.927 bits per heavy atom. The molecule has 0 saturated carbocycles. The number of unbranched alkanes of at least 4 members (excludes halogenated alkanes) is 2. The molecule has 3 aromatic carbocycles. The van der Waals surface area contributed by atoms with Gasteiger partial charge in [-0.15, -0.1) is 11.3 Å². The molecule has 1 fully saturated rings. The molecule has 1 aromatic heterocycles. The lowest BCUT2D eigenvalue weighted by molar-refractivity contribution is 0.273. The van der Waals surface area contributed by atoms with Crippen LogP contribution < -0.4 is 9.54 Å². The zero-order chi connectivity index (χ0) is 28.7. The molecule has 4 aromatic rings. The van der Waals surface area contributed by atoms with Crippen molar-refractivity contribution in [1.29, 1.82) is 0 Å². The van der Waals surface area contributed by atoms with Crippen molar-refractivity contribution in [2.75, 3.05) is 20.2 Å². The van der Waals surface area contributed by atoms with Gasteiger partial charge in [-0.2, -0.15) is 4.31 Å². The molecule has 2 heterocycles. The van der Waals surface area contributed by atoms with Crippen molar-refractivity contribution < 1.29 is 13.2 Å². The summed E-state index contributed by atoms with van der Waals surface area (Å²) in [5.74, 6) is 1.32. The second kappa shape index (κ2) is 13.6. The first-order chi connectivity index (χ1) is 20.0. The molecular weight excluding hydrogens is 551 g/mol. The third-order valence-electron chi connectivity index (χ3n) is 7.81. The van der Waals surface area contributed by atoms with Crippen LogP contribution in [-0.2, 0) is 23.0 Å². The van der Waals surface area contributed by atoms with Gasteiger partial charge >= 0.3 is 0 Å². The second-order valence-electron chi connectivity index (χ2n) is 10.6. The largest absolute Gasteiger partial charge is 0.497 e. The first-order valence-electron chi connectivity index (χ1n) is 14.5. The van der Waals surface area contributed by atoms with E-state index in [0.29, 0.717) is 23.9 Å². The quantitative estimate of drug-likeness (QED) is 0.173. The first kappa shape index (κ1) is 29.3. The summed E-state index contributed by atoms with van der Waals surface area (Å²) in [4.78, 5) is 6.20. The lowest BCUT2D eigenvalue weighted by Gasteiger charge is -2.31. The number of sulfonamides is 1. The molecule has 5 rings (SSSR count). The molecule has 0 bridgehead atoms. The highest BCUT2D eigenvalue weighted by molar-refractivity contribution is 7.89. The van der Waals surface area contributed by atoms with E-state index in [4.69, 9.17) is 9.73 Å². The van der Waals surface area contributed by atoms with Crippen LogP contribution in [0, 0.1) is 5.92 Å². The predicted octanol–water partition coefficient (Wildman–Crippen LogP) is 7.29. The van der Waals surface area contributed by atoms with Gasteiger partial charge in [-0.3, -0.25) is 0 Å². The van der Waals surface area contributed by atoms with E-state index < -0.39 is 10.0 Å². The number of thiazole rings is 1. The summed E-state index contributed by atoms with van der Waals surface area (Å²) in [5, 5.41) is 2.12. The van der Waals surface area contributed by atoms with E-state index >= 15 is 0 Å². The SMILES string of the molecule is CCCCCn1c(-c2ccc(S(=O)(=O)N3CCC(Cc4ccccc4)CC3)cc2)csc1=Nc1ccc(OC)cc1. The van der Waals surface area contributed by atoms with Gasteiger partial charge in [-0.1, -0.05) is 62.2 Å². The third kappa shape index (κ3) is 7.18. The Kier molecular flexibility index (Phi) is 9.75. The number of hydrogen-bond acceptors (Lipinski definition) is 5. The summed E-state index contributed by atoms with van der Waals surface area (Å²) in [5.41, 5.74) is 4.25. The van der Waals surface area contributed by atoms with E-state index in [9.17, 15) is 8.42 Å². The van der Waals surface area contributed by atoms with Gasteiger partial charge in [0.15, 0.2) is 4.80 Å². The fourth-order valence-electron chi connectivity index (χ4n) is 5.40. The summed E-state index contributed by atoms with van der Waals surface area (Å²) in [6.07, 6.45) is 6.13. The summed E-state index contributed by atoms with van der Waals surface area (Å²) >= 11 is 1.61. The Morgan fingerprint density at radius 3 is 2.29 bits per heavy atom. The van der Waals surface area contributed by atoms with Gasteiger partial charge in [-0.25, -0.2) is 13.4 Å². The molecule has 6 nitrogen and oxygen atoms in total. The van der Waals surface area contributed by atoms with Gasteiger partial charge in [-0.05, 0) is 79.1 Å². The normalized spacial score (nSPS) is 15.3. The van der Waals surface area contributed by atoms with Crippen LogP contribution in [0.2, 0.25) is 0 Å². The number of rotatable bonds is 11. The van der Waals surface area contributed by atoms with Crippen molar-refractivity contribution in [3.05, 3.63) is 94.6 Å². The number of benzene rings is 3. The van der Waals surface area contributed by atoms with Gasteiger partial charge < -0.3 is 9.30 Å². The second-order valence-corrected chi connectivity index (χ2v) is 13.4. The van der Waals surface area contributed by atoms with Gasteiger partial charge in [0.2, 0.25) is 10.0 Å². The monoisotopic (exact) mass is 589 g/mol. The van der Waals surface area contributed by atoms with Gasteiger partial charge in [0.05, 0.1) is 23.4 Å². The Labute approximate surface area is 248 Å². The lowest BCUT2D eigenvalue weighted by atomic mass is 9.91. The zero-order valence-corrected chi connectivity index (χ0v) is 25.5. The van der Waals surface area contributed by atoms with E-state index in [0.717, 1.165) is 72.6 Å². The predicted molar refractivity (Wildman–Crippen MR) is 167 cm³/mol. The highest BCUT2D eigenvalue weighted by Gasteiger charge is 2.29. The molecule has 0 N–H and O–H groups in total. The molecule has 0 aliphatic carbocycles. The molecule has 0 unspecified atom stereocenters. The van der Waals surface area contributed by atoms with Crippen LogP contribution in [-0.4, -0.2) is 37.5 Å². The maximum atomic E-state index is 13.5. The molecule has 41 heavy (non-hydrogen) atoms. The zero-order valence-electron chi connectivity index (χ0n) is 23.9. The summed E-state index contributed by atoms with van der Waals surface area (Å²) in [6, 6.07) is 25.6. The summed E-state index contributed by atoms with van der Waals surface area (Å²) in [6.45, 7) is 4.20. The molecule has 0 amide bonds. The van der Waals surface area contributed by atoms with Crippen LogP contribution >= 0.6 is 11.3 Å². The van der Waals surface area contributed by atoms with Crippen molar-refractivity contribution in [2.24, 2.45) is 10.9 Å². The van der Waals surface area contributed by atoms with Crippen LogP contribution in [0.3, 0.4) is 0 Å². The van der Waals surface area contributed by atoms with E-state index in [1.807, 2.05) is 42.5 Å². The van der Waals surface area contributed by atoms with Crippen LogP contribution in [0.15, 0.2) is 94.1 Å². The van der Waals surface area contributed by atoms with Crippen LogP contribution in [0.4, 0.5) is 5.69 Å². The van der Waals surface area contributed by atoms with Crippen LogP contribution in [0.1, 0.15) is 44.6 Å². The molecule has 0 atom stereocenters. The van der Waals surface area contributed by atoms with E-state index in [2.05, 4.69) is 41.1 Å². The Balaban J connectivity index is 1.32. The van der Waals surface area contributed by atoms with Crippen molar-refractivity contribution in [3.8, 4) is 17.0 Å². The third-order valence-corrected chi connectivity index (χ3v) is 10.6. The average molecular weight is 590 g/mol. The average Bonchev–Trinajstić information content (AvgIpc) is 3.40. The standard InChI is InChI=1S/C33H39N3O3S2/c1-3-4-8-21-36-32(25-40-33(36)34-29-13-15-30(39-2)16-14-29)28-11-17-31(18-12-28)41(37,38)35-22-19-27(20-23-35)24-26-9-6-5-7-10-26/h5-7,9-18,25,27H,3-4,8,19-24H2,1-2H3. The number of ether oxygens (including phenoxy) is 1. The molecule has 1 saturated heterocycles. The Hall–Kier alpha value is -3.20. The topological polar surface area (TPSA) is 63.9 Å². The smallest absolute Gasteiger partial charge is 0.243 e. The minimum absolute atomic E-state index is 0.360. The molecular formula is C33H39N3O3S2. The fraction of sp³-hybridized carbons (Fsp3) is 0.364. The van der Waals surface area contributed by atoms with Crippen molar-refractivity contribution >= 4 is 27.0 Å². The van der Waals surface area contributed by atoms with E-state index in [1.54, 1.807) is 34.9 Å². The number of hydrogen-bond donors (Lipinski definition) is 0. The number of nitrogens with zero attached hydrogens (tertiary/aromatic N) is 3. The lowest BCUT2D eigenvalue weighted by Crippen LogP contribution is -2.38. The fourth-order valence-corrected chi connectivity index (χ4v) is 7.83. The summed E-state index contributed by atoms with van der Waals surface area (Å²) < 4.78 is 36.2. The van der Waals surface area contributed by atoms with E-state index in [-0.39, 0.29) is 0 Å². The molecule has 8 heteroatoms.